The van der Waals surface area contributed by atoms with E-state index in [4.69, 9.17) is 4.74 Å². The van der Waals surface area contributed by atoms with E-state index < -0.39 is 0 Å². The lowest BCUT2D eigenvalue weighted by Crippen LogP contribution is -2.57. The van der Waals surface area contributed by atoms with E-state index in [1.165, 1.54) is 24.3 Å². The van der Waals surface area contributed by atoms with Crippen LogP contribution in [0.3, 0.4) is 0 Å². The van der Waals surface area contributed by atoms with Crippen LogP contribution in [0, 0.1) is 28.9 Å². The molecule has 0 spiro atoms. The molecule has 2 aliphatic rings. The molecule has 4 nitrogen and oxygen atoms in total. The number of nitrogens with zero attached hydrogens (tertiary/aromatic N) is 3. The fourth-order valence-electron chi connectivity index (χ4n) is 4.23. The van der Waals surface area contributed by atoms with Crippen LogP contribution in [0.2, 0.25) is 0 Å². The highest BCUT2D eigenvalue weighted by Crippen LogP contribution is 2.30. The molecule has 146 valence electrons. The Kier molecular flexibility index (Phi) is 5.45. The normalized spacial score (nSPS) is 22.4. The molecule has 0 aromatic heterocycles. The summed E-state index contributed by atoms with van der Waals surface area (Å²) in [6.07, 6.45) is 2.14. The Morgan fingerprint density at radius 1 is 1.00 bits per heavy atom. The molecule has 28 heavy (non-hydrogen) atoms. The zero-order chi connectivity index (χ0) is 19.5. The van der Waals surface area contributed by atoms with Gasteiger partial charge in [-0.1, -0.05) is 0 Å². The standard InChI is InChI=1S/C22H23F2N3O/c23-18-2-6-21(7-3-18)28-15-16-1-5-20-14-27(10-9-26(20)13-16)22-8-4-19(24)11-17(22)12-25/h2-4,6-8,11,16,20H,1,5,9-10,13-15H2/t16-,20?/m1/s1. The first-order chi connectivity index (χ1) is 13.6. The fourth-order valence-corrected chi connectivity index (χ4v) is 4.23. The van der Waals surface area contributed by atoms with Gasteiger partial charge in [0, 0.05) is 38.1 Å². The summed E-state index contributed by atoms with van der Waals surface area (Å²) in [5.41, 5.74) is 1.22. The van der Waals surface area contributed by atoms with Gasteiger partial charge in [0.1, 0.15) is 23.5 Å². The number of ether oxygens (including phenoxy) is 1. The van der Waals surface area contributed by atoms with E-state index >= 15 is 0 Å². The van der Waals surface area contributed by atoms with Gasteiger partial charge < -0.3 is 9.64 Å². The number of halogens is 2. The molecule has 0 N–H and O–H groups in total. The third-order valence-electron chi connectivity index (χ3n) is 5.72. The number of nitriles is 1. The summed E-state index contributed by atoms with van der Waals surface area (Å²) >= 11 is 0. The van der Waals surface area contributed by atoms with Crippen LogP contribution in [0.5, 0.6) is 5.75 Å². The molecule has 1 unspecified atom stereocenters. The Hall–Kier alpha value is -2.65. The van der Waals surface area contributed by atoms with Crippen LogP contribution in [0.15, 0.2) is 42.5 Å². The van der Waals surface area contributed by atoms with Crippen molar-refractivity contribution in [3.8, 4) is 11.8 Å². The van der Waals surface area contributed by atoms with Crippen LogP contribution in [0.1, 0.15) is 18.4 Å². The number of fused-ring (bicyclic) bond motifs is 1. The minimum absolute atomic E-state index is 0.258. The summed E-state index contributed by atoms with van der Waals surface area (Å²) in [4.78, 5) is 4.70. The van der Waals surface area contributed by atoms with Gasteiger partial charge in [0.25, 0.3) is 0 Å². The number of piperazine rings is 1. The molecule has 2 atom stereocenters. The summed E-state index contributed by atoms with van der Waals surface area (Å²) in [5, 5.41) is 9.32. The van der Waals surface area contributed by atoms with E-state index in [9.17, 15) is 14.0 Å². The van der Waals surface area contributed by atoms with E-state index in [2.05, 4.69) is 15.9 Å². The molecular formula is C22H23F2N3O. The second-order valence-corrected chi connectivity index (χ2v) is 7.58. The number of piperidine rings is 1. The van der Waals surface area contributed by atoms with E-state index in [1.54, 1.807) is 18.2 Å². The van der Waals surface area contributed by atoms with E-state index in [1.807, 2.05) is 0 Å². The maximum atomic E-state index is 13.4. The van der Waals surface area contributed by atoms with Gasteiger partial charge in [-0.05, 0) is 55.3 Å². The minimum Gasteiger partial charge on any atom is -0.493 e. The number of anilines is 1. The number of hydrogen-bond acceptors (Lipinski definition) is 4. The Balaban J connectivity index is 1.33. The van der Waals surface area contributed by atoms with Gasteiger partial charge in [0.2, 0.25) is 0 Å². The smallest absolute Gasteiger partial charge is 0.124 e. The molecular weight excluding hydrogens is 360 g/mol. The van der Waals surface area contributed by atoms with Crippen molar-refractivity contribution in [2.45, 2.75) is 18.9 Å². The monoisotopic (exact) mass is 383 g/mol. The van der Waals surface area contributed by atoms with Crippen LogP contribution in [-0.4, -0.2) is 43.7 Å². The first kappa shape index (κ1) is 18.7. The second kappa shape index (κ2) is 8.15. The summed E-state index contributed by atoms with van der Waals surface area (Å²) in [7, 11) is 0. The zero-order valence-corrected chi connectivity index (χ0v) is 15.7. The molecule has 0 aliphatic carbocycles. The van der Waals surface area contributed by atoms with Gasteiger partial charge in [-0.15, -0.1) is 0 Å². The van der Waals surface area contributed by atoms with E-state index in [0.29, 0.717) is 29.9 Å². The van der Waals surface area contributed by atoms with Crippen molar-refractivity contribution in [3.05, 3.63) is 59.7 Å². The summed E-state index contributed by atoms with van der Waals surface area (Å²) in [5.74, 6) is 0.522. The van der Waals surface area contributed by atoms with Gasteiger partial charge in [0.05, 0.1) is 17.9 Å². The molecule has 0 bridgehead atoms. The lowest BCUT2D eigenvalue weighted by atomic mass is 9.91. The van der Waals surface area contributed by atoms with Crippen molar-refractivity contribution in [1.29, 1.82) is 5.26 Å². The topological polar surface area (TPSA) is 39.5 Å². The van der Waals surface area contributed by atoms with Crippen molar-refractivity contribution in [2.75, 3.05) is 37.7 Å². The molecule has 2 aromatic carbocycles. The van der Waals surface area contributed by atoms with Crippen molar-refractivity contribution in [1.82, 2.24) is 4.90 Å². The minimum atomic E-state index is -0.374. The van der Waals surface area contributed by atoms with Crippen molar-refractivity contribution >= 4 is 5.69 Å². The van der Waals surface area contributed by atoms with Crippen LogP contribution >= 0.6 is 0 Å². The molecule has 2 aromatic rings. The highest BCUT2D eigenvalue weighted by atomic mass is 19.1. The highest BCUT2D eigenvalue weighted by molar-refractivity contribution is 5.59. The average Bonchev–Trinajstić information content (AvgIpc) is 2.72. The second-order valence-electron chi connectivity index (χ2n) is 7.58. The predicted molar refractivity (Wildman–Crippen MR) is 103 cm³/mol. The molecule has 4 rings (SSSR count). The summed E-state index contributed by atoms with van der Waals surface area (Å²) in [6.45, 7) is 4.21. The van der Waals surface area contributed by atoms with Gasteiger partial charge in [-0.25, -0.2) is 8.78 Å². The molecule has 2 fully saturated rings. The molecule has 2 heterocycles. The van der Waals surface area contributed by atoms with Crippen molar-refractivity contribution in [2.24, 2.45) is 5.92 Å². The van der Waals surface area contributed by atoms with Crippen LogP contribution in [-0.2, 0) is 0 Å². The van der Waals surface area contributed by atoms with Gasteiger partial charge in [-0.3, -0.25) is 4.90 Å². The SMILES string of the molecule is N#Cc1cc(F)ccc1N1CCN2C[C@H](COc3ccc(F)cc3)CCC2C1. The van der Waals surface area contributed by atoms with Crippen LogP contribution in [0.25, 0.3) is 0 Å². The number of benzene rings is 2. The Labute approximate surface area is 163 Å². The third kappa shape index (κ3) is 4.10. The molecule has 2 aliphatic heterocycles. The number of rotatable bonds is 4. The molecule has 0 radical (unpaired) electrons. The third-order valence-corrected chi connectivity index (χ3v) is 5.72. The predicted octanol–water partition coefficient (Wildman–Crippen LogP) is 3.82. The van der Waals surface area contributed by atoms with Crippen molar-refractivity contribution < 1.29 is 13.5 Å². The Bertz CT molecular complexity index is 865. The first-order valence-corrected chi connectivity index (χ1v) is 9.69. The van der Waals surface area contributed by atoms with Crippen molar-refractivity contribution in [3.63, 3.8) is 0 Å². The zero-order valence-electron chi connectivity index (χ0n) is 15.7. The van der Waals surface area contributed by atoms with Gasteiger partial charge >= 0.3 is 0 Å². The van der Waals surface area contributed by atoms with Gasteiger partial charge in [0.15, 0.2) is 0 Å². The Morgan fingerprint density at radius 2 is 1.79 bits per heavy atom. The highest BCUT2D eigenvalue weighted by Gasteiger charge is 2.33. The maximum Gasteiger partial charge on any atom is 0.124 e. The fraction of sp³-hybridized carbons (Fsp3) is 0.409. The average molecular weight is 383 g/mol. The van der Waals surface area contributed by atoms with Crippen LogP contribution in [0.4, 0.5) is 14.5 Å². The van der Waals surface area contributed by atoms with E-state index in [-0.39, 0.29) is 11.6 Å². The quantitative estimate of drug-likeness (QED) is 0.805. The van der Waals surface area contributed by atoms with E-state index in [0.717, 1.165) is 44.7 Å². The number of hydrogen-bond donors (Lipinski definition) is 0. The molecule has 6 heteroatoms. The maximum absolute atomic E-state index is 13.4. The molecule has 0 amide bonds. The molecule has 0 saturated carbocycles. The van der Waals surface area contributed by atoms with Gasteiger partial charge in [-0.2, -0.15) is 5.26 Å². The Morgan fingerprint density at radius 3 is 2.57 bits per heavy atom. The lowest BCUT2D eigenvalue weighted by Gasteiger charge is -2.47. The lowest BCUT2D eigenvalue weighted by molar-refractivity contribution is 0.0729. The molecule has 2 saturated heterocycles. The summed E-state index contributed by atoms with van der Waals surface area (Å²) < 4.78 is 32.2. The first-order valence-electron chi connectivity index (χ1n) is 9.69. The van der Waals surface area contributed by atoms with Crippen LogP contribution < -0.4 is 9.64 Å². The largest absolute Gasteiger partial charge is 0.493 e. The summed E-state index contributed by atoms with van der Waals surface area (Å²) in [6, 6.07) is 13.1.